The van der Waals surface area contributed by atoms with E-state index >= 15 is 0 Å². The molecular formula is C17H29N3O. The molecule has 3 atom stereocenters. The van der Waals surface area contributed by atoms with Gasteiger partial charge in [0.2, 0.25) is 0 Å². The van der Waals surface area contributed by atoms with Crippen molar-refractivity contribution in [3.05, 3.63) is 35.9 Å². The van der Waals surface area contributed by atoms with E-state index in [-0.39, 0.29) is 6.10 Å². The third-order valence-electron chi connectivity index (χ3n) is 4.15. The molecule has 0 bridgehead atoms. The second-order valence-electron chi connectivity index (χ2n) is 6.52. The average Bonchev–Trinajstić information content (AvgIpc) is 2.77. The molecule has 3 unspecified atom stereocenters. The first kappa shape index (κ1) is 16.4. The van der Waals surface area contributed by atoms with Gasteiger partial charge in [-0.1, -0.05) is 30.3 Å². The van der Waals surface area contributed by atoms with E-state index in [9.17, 15) is 5.11 Å². The summed E-state index contributed by atoms with van der Waals surface area (Å²) in [6, 6.07) is 11.7. The Morgan fingerprint density at radius 1 is 1.33 bits per heavy atom. The van der Waals surface area contributed by atoms with Gasteiger partial charge in [0.1, 0.15) is 0 Å². The van der Waals surface area contributed by atoms with Crippen molar-refractivity contribution in [3.8, 4) is 0 Å². The van der Waals surface area contributed by atoms with E-state index in [0.717, 1.165) is 19.5 Å². The molecule has 0 amide bonds. The summed E-state index contributed by atoms with van der Waals surface area (Å²) in [5.74, 6) is 0. The highest BCUT2D eigenvalue weighted by atomic mass is 16.3. The summed E-state index contributed by atoms with van der Waals surface area (Å²) in [6.45, 7) is 5.75. The molecule has 1 aliphatic heterocycles. The summed E-state index contributed by atoms with van der Waals surface area (Å²) in [6.07, 6.45) is 0.861. The Kier molecular flexibility index (Phi) is 6.18. The molecule has 4 nitrogen and oxygen atoms in total. The lowest BCUT2D eigenvalue weighted by Crippen LogP contribution is -2.41. The predicted octanol–water partition coefficient (Wildman–Crippen LogP) is 1.16. The lowest BCUT2D eigenvalue weighted by Gasteiger charge is -2.21. The van der Waals surface area contributed by atoms with Gasteiger partial charge in [0.15, 0.2) is 0 Å². The van der Waals surface area contributed by atoms with Gasteiger partial charge in [0.05, 0.1) is 6.10 Å². The van der Waals surface area contributed by atoms with Gasteiger partial charge in [-0.3, -0.25) is 4.90 Å². The second-order valence-corrected chi connectivity index (χ2v) is 6.52. The van der Waals surface area contributed by atoms with Gasteiger partial charge in [0, 0.05) is 38.3 Å². The van der Waals surface area contributed by atoms with Crippen LogP contribution in [-0.4, -0.2) is 66.8 Å². The van der Waals surface area contributed by atoms with Gasteiger partial charge in [-0.05, 0) is 33.0 Å². The highest BCUT2D eigenvalue weighted by Crippen LogP contribution is 2.20. The minimum absolute atomic E-state index is 0.293. The summed E-state index contributed by atoms with van der Waals surface area (Å²) in [5, 5.41) is 13.4. The Bertz CT molecular complexity index is 410. The molecule has 0 aromatic heterocycles. The first-order valence-electron chi connectivity index (χ1n) is 7.88. The third-order valence-corrected chi connectivity index (χ3v) is 4.15. The first-order valence-corrected chi connectivity index (χ1v) is 7.88. The molecule has 0 radical (unpaired) electrons. The molecule has 1 aliphatic rings. The Morgan fingerprint density at radius 2 is 2.05 bits per heavy atom. The van der Waals surface area contributed by atoms with E-state index < -0.39 is 0 Å². The van der Waals surface area contributed by atoms with Crippen molar-refractivity contribution in [1.29, 1.82) is 0 Å². The Hall–Kier alpha value is -0.940. The van der Waals surface area contributed by atoms with E-state index in [2.05, 4.69) is 47.5 Å². The molecule has 0 spiro atoms. The highest BCUT2D eigenvalue weighted by molar-refractivity contribution is 5.15. The number of nitrogens with zero attached hydrogens (tertiary/aromatic N) is 2. The minimum atomic E-state index is -0.293. The standard InChI is InChI=1S/C17H29N3O/c1-14-9-16(18-10-17(21)13-19(2)3)12-20(14)11-15-7-5-4-6-8-15/h4-8,14,16-18,21H,9-13H2,1-3H3. The van der Waals surface area contributed by atoms with Crippen LogP contribution in [0.25, 0.3) is 0 Å². The van der Waals surface area contributed by atoms with Crippen LogP contribution in [-0.2, 0) is 6.54 Å². The van der Waals surface area contributed by atoms with Crippen molar-refractivity contribution >= 4 is 0 Å². The largest absolute Gasteiger partial charge is 0.390 e. The topological polar surface area (TPSA) is 38.7 Å². The monoisotopic (exact) mass is 291 g/mol. The number of likely N-dealkylation sites (N-methyl/N-ethyl adjacent to an activating group) is 1. The van der Waals surface area contributed by atoms with Gasteiger partial charge < -0.3 is 15.3 Å². The molecule has 0 saturated carbocycles. The average molecular weight is 291 g/mol. The Labute approximate surface area is 128 Å². The van der Waals surface area contributed by atoms with Crippen LogP contribution in [0.5, 0.6) is 0 Å². The number of hydrogen-bond donors (Lipinski definition) is 2. The van der Waals surface area contributed by atoms with E-state index in [1.165, 1.54) is 5.56 Å². The SMILES string of the molecule is CC1CC(NCC(O)CN(C)C)CN1Cc1ccccc1. The van der Waals surface area contributed by atoms with Crippen molar-refractivity contribution in [2.75, 3.05) is 33.7 Å². The van der Waals surface area contributed by atoms with Gasteiger partial charge >= 0.3 is 0 Å². The van der Waals surface area contributed by atoms with Gasteiger partial charge in [-0.25, -0.2) is 0 Å². The number of likely N-dealkylation sites (tertiary alicyclic amines) is 1. The fraction of sp³-hybridized carbons (Fsp3) is 0.647. The zero-order valence-corrected chi connectivity index (χ0v) is 13.5. The predicted molar refractivity (Wildman–Crippen MR) is 87.3 cm³/mol. The molecule has 2 N–H and O–H groups in total. The molecule has 4 heteroatoms. The Morgan fingerprint density at radius 3 is 2.71 bits per heavy atom. The van der Waals surface area contributed by atoms with Gasteiger partial charge in [-0.15, -0.1) is 0 Å². The molecule has 2 rings (SSSR count). The number of benzene rings is 1. The van der Waals surface area contributed by atoms with Crippen LogP contribution < -0.4 is 5.32 Å². The van der Waals surface area contributed by atoms with E-state index in [1.807, 2.05) is 19.0 Å². The summed E-state index contributed by atoms with van der Waals surface area (Å²) in [4.78, 5) is 4.54. The van der Waals surface area contributed by atoms with Crippen molar-refractivity contribution in [2.45, 2.75) is 38.1 Å². The number of aliphatic hydroxyl groups excluding tert-OH is 1. The van der Waals surface area contributed by atoms with Crippen LogP contribution in [0.2, 0.25) is 0 Å². The zero-order chi connectivity index (χ0) is 15.2. The molecule has 1 heterocycles. The van der Waals surface area contributed by atoms with Crippen molar-refractivity contribution < 1.29 is 5.11 Å². The second kappa shape index (κ2) is 7.90. The lowest BCUT2D eigenvalue weighted by atomic mass is 10.2. The Balaban J connectivity index is 1.76. The summed E-state index contributed by atoms with van der Waals surface area (Å²) < 4.78 is 0. The maximum atomic E-state index is 9.93. The maximum absolute atomic E-state index is 9.93. The molecule has 1 fully saturated rings. The van der Waals surface area contributed by atoms with Crippen LogP contribution in [0.3, 0.4) is 0 Å². The van der Waals surface area contributed by atoms with E-state index in [4.69, 9.17) is 0 Å². The van der Waals surface area contributed by atoms with Crippen LogP contribution in [0, 0.1) is 0 Å². The first-order chi connectivity index (χ1) is 10.0. The summed E-state index contributed by atoms with van der Waals surface area (Å²) in [7, 11) is 3.98. The molecule has 118 valence electrons. The molecule has 1 saturated heterocycles. The molecular weight excluding hydrogens is 262 g/mol. The quantitative estimate of drug-likeness (QED) is 0.791. The number of hydrogen-bond acceptors (Lipinski definition) is 4. The summed E-state index contributed by atoms with van der Waals surface area (Å²) >= 11 is 0. The third kappa shape index (κ3) is 5.40. The lowest BCUT2D eigenvalue weighted by molar-refractivity contribution is 0.131. The summed E-state index contributed by atoms with van der Waals surface area (Å²) in [5.41, 5.74) is 1.37. The van der Waals surface area contributed by atoms with Crippen LogP contribution in [0.1, 0.15) is 18.9 Å². The molecule has 0 aliphatic carbocycles. The fourth-order valence-electron chi connectivity index (χ4n) is 3.07. The van der Waals surface area contributed by atoms with Crippen molar-refractivity contribution in [2.24, 2.45) is 0 Å². The normalized spacial score (nSPS) is 24.6. The van der Waals surface area contributed by atoms with Crippen LogP contribution in [0.15, 0.2) is 30.3 Å². The fourth-order valence-corrected chi connectivity index (χ4v) is 3.07. The number of rotatable bonds is 7. The zero-order valence-electron chi connectivity index (χ0n) is 13.5. The number of nitrogens with one attached hydrogen (secondary N) is 1. The molecule has 1 aromatic rings. The van der Waals surface area contributed by atoms with Gasteiger partial charge in [0.25, 0.3) is 0 Å². The van der Waals surface area contributed by atoms with E-state index in [0.29, 0.717) is 25.2 Å². The van der Waals surface area contributed by atoms with Crippen molar-refractivity contribution in [3.63, 3.8) is 0 Å². The van der Waals surface area contributed by atoms with Crippen LogP contribution in [0.4, 0.5) is 0 Å². The molecule has 21 heavy (non-hydrogen) atoms. The van der Waals surface area contributed by atoms with Crippen molar-refractivity contribution in [1.82, 2.24) is 15.1 Å². The van der Waals surface area contributed by atoms with E-state index in [1.54, 1.807) is 0 Å². The van der Waals surface area contributed by atoms with Crippen LogP contribution >= 0.6 is 0 Å². The number of aliphatic hydroxyl groups is 1. The molecule has 1 aromatic carbocycles. The minimum Gasteiger partial charge on any atom is -0.390 e. The smallest absolute Gasteiger partial charge is 0.0791 e. The highest BCUT2D eigenvalue weighted by Gasteiger charge is 2.28. The van der Waals surface area contributed by atoms with Gasteiger partial charge in [-0.2, -0.15) is 0 Å². The maximum Gasteiger partial charge on any atom is 0.0791 e.